The Balaban J connectivity index is 1.35. The van der Waals surface area contributed by atoms with Crippen LogP contribution in [-0.2, 0) is 11.3 Å². The van der Waals surface area contributed by atoms with Crippen molar-refractivity contribution in [3.63, 3.8) is 0 Å². The van der Waals surface area contributed by atoms with E-state index in [1.807, 2.05) is 48.5 Å². The monoisotopic (exact) mass is 361 g/mol. The zero-order valence-electron chi connectivity index (χ0n) is 15.2. The van der Waals surface area contributed by atoms with E-state index in [0.717, 1.165) is 41.5 Å². The summed E-state index contributed by atoms with van der Waals surface area (Å²) in [6.07, 6.45) is 2.25. The fourth-order valence-electron chi connectivity index (χ4n) is 3.35. The molecule has 4 heteroatoms. The summed E-state index contributed by atoms with van der Waals surface area (Å²) in [7, 11) is 0. The zero-order chi connectivity index (χ0) is 18.5. The van der Waals surface area contributed by atoms with Gasteiger partial charge >= 0.3 is 0 Å². The quantitative estimate of drug-likeness (QED) is 0.711. The van der Waals surface area contributed by atoms with Crippen LogP contribution in [0.3, 0.4) is 0 Å². The summed E-state index contributed by atoms with van der Waals surface area (Å²) < 4.78 is 11.5. The van der Waals surface area contributed by atoms with Gasteiger partial charge in [0.05, 0.1) is 6.10 Å². The predicted molar refractivity (Wildman–Crippen MR) is 106 cm³/mol. The highest BCUT2D eigenvalue weighted by Gasteiger charge is 2.16. The Morgan fingerprint density at radius 1 is 1.04 bits per heavy atom. The fourth-order valence-corrected chi connectivity index (χ4v) is 3.35. The summed E-state index contributed by atoms with van der Waals surface area (Å²) in [4.78, 5) is 12.2. The van der Waals surface area contributed by atoms with Crippen molar-refractivity contribution in [3.8, 4) is 5.75 Å². The van der Waals surface area contributed by atoms with Gasteiger partial charge in [0.1, 0.15) is 12.4 Å². The molecule has 1 atom stereocenters. The average Bonchev–Trinajstić information content (AvgIpc) is 3.24. The summed E-state index contributed by atoms with van der Waals surface area (Å²) in [5.74, 6) is 0.804. The van der Waals surface area contributed by atoms with Crippen LogP contribution in [0.5, 0.6) is 5.75 Å². The van der Waals surface area contributed by atoms with Gasteiger partial charge in [0, 0.05) is 24.1 Å². The predicted octanol–water partition coefficient (Wildman–Crippen LogP) is 4.33. The fraction of sp³-hybridized carbons (Fsp3) is 0.261. The third-order valence-corrected chi connectivity index (χ3v) is 4.87. The summed E-state index contributed by atoms with van der Waals surface area (Å²) in [6, 6.07) is 21.8. The molecule has 3 aromatic rings. The molecule has 0 aliphatic carbocycles. The number of hydrogen-bond acceptors (Lipinski definition) is 3. The number of rotatable bonds is 6. The maximum atomic E-state index is 12.2. The lowest BCUT2D eigenvalue weighted by atomic mass is 10.1. The molecule has 27 heavy (non-hydrogen) atoms. The van der Waals surface area contributed by atoms with Crippen molar-refractivity contribution in [2.75, 3.05) is 13.2 Å². The third-order valence-electron chi connectivity index (χ3n) is 4.87. The lowest BCUT2D eigenvalue weighted by Crippen LogP contribution is -2.31. The van der Waals surface area contributed by atoms with Crippen molar-refractivity contribution >= 4 is 16.7 Å². The number of carbonyl (C=O) groups excluding carboxylic acids is 1. The lowest BCUT2D eigenvalue weighted by Gasteiger charge is -2.12. The minimum absolute atomic E-state index is 0.0629. The topological polar surface area (TPSA) is 47.6 Å². The van der Waals surface area contributed by atoms with E-state index >= 15 is 0 Å². The standard InChI is InChI=1S/C23H23NO3/c25-23(24-15-20-7-4-14-26-20)19-12-10-17(11-13-19)16-27-22-9-3-6-18-5-1-2-8-21(18)22/h1-3,5-6,8-13,20H,4,7,14-16H2,(H,24,25)/t20-/m0/s1. The molecule has 1 aliphatic heterocycles. The molecule has 1 fully saturated rings. The van der Waals surface area contributed by atoms with Gasteiger partial charge < -0.3 is 14.8 Å². The molecule has 0 spiro atoms. The van der Waals surface area contributed by atoms with Crippen molar-refractivity contribution in [3.05, 3.63) is 77.9 Å². The maximum absolute atomic E-state index is 12.2. The van der Waals surface area contributed by atoms with Crippen LogP contribution < -0.4 is 10.1 Å². The van der Waals surface area contributed by atoms with Crippen molar-refractivity contribution in [1.82, 2.24) is 5.32 Å². The smallest absolute Gasteiger partial charge is 0.251 e. The summed E-state index contributed by atoms with van der Waals surface area (Å²) in [6.45, 7) is 1.84. The van der Waals surface area contributed by atoms with E-state index in [1.165, 1.54) is 0 Å². The van der Waals surface area contributed by atoms with Crippen LogP contribution in [0, 0.1) is 0 Å². The molecule has 1 saturated heterocycles. The van der Waals surface area contributed by atoms with Gasteiger partial charge in [-0.3, -0.25) is 4.79 Å². The molecule has 138 valence electrons. The number of hydrogen-bond donors (Lipinski definition) is 1. The van der Waals surface area contributed by atoms with Gasteiger partial charge in [-0.15, -0.1) is 0 Å². The second kappa shape index (κ2) is 8.23. The van der Waals surface area contributed by atoms with Crippen LogP contribution in [0.4, 0.5) is 0 Å². The van der Waals surface area contributed by atoms with E-state index in [9.17, 15) is 4.79 Å². The first-order valence-electron chi connectivity index (χ1n) is 9.39. The lowest BCUT2D eigenvalue weighted by molar-refractivity contribution is 0.0857. The molecule has 0 unspecified atom stereocenters. The molecule has 3 aromatic carbocycles. The largest absolute Gasteiger partial charge is 0.488 e. The molecular weight excluding hydrogens is 338 g/mol. The van der Waals surface area contributed by atoms with Crippen LogP contribution in [0.2, 0.25) is 0 Å². The van der Waals surface area contributed by atoms with Crippen molar-refractivity contribution < 1.29 is 14.3 Å². The molecule has 1 aliphatic rings. The van der Waals surface area contributed by atoms with Gasteiger partial charge in [0.15, 0.2) is 0 Å². The molecule has 4 rings (SSSR count). The highest BCUT2D eigenvalue weighted by atomic mass is 16.5. The molecule has 1 amide bonds. The average molecular weight is 361 g/mol. The third kappa shape index (κ3) is 4.29. The molecule has 1 N–H and O–H groups in total. The Hall–Kier alpha value is -2.85. The molecular formula is C23H23NO3. The van der Waals surface area contributed by atoms with Crippen LogP contribution in [0.15, 0.2) is 66.7 Å². The van der Waals surface area contributed by atoms with Crippen LogP contribution >= 0.6 is 0 Å². The molecule has 0 radical (unpaired) electrons. The van der Waals surface area contributed by atoms with Gasteiger partial charge in [-0.05, 0) is 42.0 Å². The van der Waals surface area contributed by atoms with Gasteiger partial charge in [0.25, 0.3) is 5.91 Å². The van der Waals surface area contributed by atoms with Crippen molar-refractivity contribution in [1.29, 1.82) is 0 Å². The minimum atomic E-state index is -0.0629. The minimum Gasteiger partial charge on any atom is -0.488 e. The van der Waals surface area contributed by atoms with Crippen LogP contribution in [0.25, 0.3) is 10.8 Å². The van der Waals surface area contributed by atoms with E-state index in [-0.39, 0.29) is 12.0 Å². The highest BCUT2D eigenvalue weighted by Crippen LogP contribution is 2.26. The normalized spacial score (nSPS) is 16.4. The van der Waals surface area contributed by atoms with Gasteiger partial charge in [-0.1, -0.05) is 48.5 Å². The van der Waals surface area contributed by atoms with Crippen LogP contribution in [-0.4, -0.2) is 25.2 Å². The van der Waals surface area contributed by atoms with Gasteiger partial charge in [0.2, 0.25) is 0 Å². The van der Waals surface area contributed by atoms with Crippen molar-refractivity contribution in [2.24, 2.45) is 0 Å². The molecule has 0 bridgehead atoms. The molecule has 1 heterocycles. The van der Waals surface area contributed by atoms with E-state index < -0.39 is 0 Å². The Bertz CT molecular complexity index is 909. The van der Waals surface area contributed by atoms with E-state index in [4.69, 9.17) is 9.47 Å². The van der Waals surface area contributed by atoms with E-state index in [0.29, 0.717) is 18.7 Å². The first-order chi connectivity index (χ1) is 13.3. The van der Waals surface area contributed by atoms with Crippen LogP contribution in [0.1, 0.15) is 28.8 Å². The van der Waals surface area contributed by atoms with E-state index in [2.05, 4.69) is 23.5 Å². The number of ether oxygens (including phenoxy) is 2. The summed E-state index contributed by atoms with van der Waals surface area (Å²) in [5.41, 5.74) is 1.68. The Kier molecular flexibility index (Phi) is 5.35. The number of carbonyl (C=O) groups is 1. The second-order valence-corrected chi connectivity index (χ2v) is 6.81. The number of fused-ring (bicyclic) bond motifs is 1. The van der Waals surface area contributed by atoms with E-state index in [1.54, 1.807) is 0 Å². The maximum Gasteiger partial charge on any atom is 0.251 e. The number of nitrogens with one attached hydrogen (secondary N) is 1. The van der Waals surface area contributed by atoms with Crippen molar-refractivity contribution in [2.45, 2.75) is 25.6 Å². The molecule has 0 aromatic heterocycles. The SMILES string of the molecule is O=C(NC[C@@H]1CCCO1)c1ccc(COc2cccc3ccccc23)cc1. The Labute approximate surface area is 159 Å². The molecule has 0 saturated carbocycles. The first kappa shape index (κ1) is 17.6. The Morgan fingerprint density at radius 3 is 2.67 bits per heavy atom. The number of amides is 1. The second-order valence-electron chi connectivity index (χ2n) is 6.81. The zero-order valence-corrected chi connectivity index (χ0v) is 15.2. The van der Waals surface area contributed by atoms with Gasteiger partial charge in [-0.25, -0.2) is 0 Å². The summed E-state index contributed by atoms with van der Waals surface area (Å²) >= 11 is 0. The Morgan fingerprint density at radius 2 is 1.85 bits per heavy atom. The summed E-state index contributed by atoms with van der Waals surface area (Å²) in [5, 5.41) is 5.21. The molecule has 4 nitrogen and oxygen atoms in total. The highest BCUT2D eigenvalue weighted by molar-refractivity contribution is 5.94. The van der Waals surface area contributed by atoms with Gasteiger partial charge in [-0.2, -0.15) is 0 Å². The first-order valence-corrected chi connectivity index (χ1v) is 9.39. The number of benzene rings is 3.